The molecule has 9 nitrogen and oxygen atoms in total. The van der Waals surface area contributed by atoms with Crippen LogP contribution in [-0.2, 0) is 39.2 Å². The Labute approximate surface area is 291 Å². The molecule has 0 aliphatic carbocycles. The highest BCUT2D eigenvalue weighted by Gasteiger charge is 2.34. The van der Waals surface area contributed by atoms with Crippen molar-refractivity contribution in [1.29, 1.82) is 0 Å². The second kappa shape index (κ2) is 17.9. The van der Waals surface area contributed by atoms with Crippen LogP contribution in [0.25, 0.3) is 0 Å². The second-order valence-electron chi connectivity index (χ2n) is 12.1. The third-order valence-electron chi connectivity index (χ3n) is 8.16. The molecule has 2 fully saturated rings. The summed E-state index contributed by atoms with van der Waals surface area (Å²) in [6.07, 6.45) is 3.25. The summed E-state index contributed by atoms with van der Waals surface area (Å²) in [6, 6.07) is 17.4. The first-order chi connectivity index (χ1) is 23.6. The molecule has 0 saturated carbocycles. The van der Waals surface area contributed by atoms with E-state index in [4.69, 9.17) is 44.2 Å². The Morgan fingerprint density at radius 2 is 1.22 bits per heavy atom. The Morgan fingerprint density at radius 3 is 1.69 bits per heavy atom. The summed E-state index contributed by atoms with van der Waals surface area (Å²) in [5.74, 6) is -2.36. The van der Waals surface area contributed by atoms with Gasteiger partial charge in [0.15, 0.2) is 12.6 Å². The van der Waals surface area contributed by atoms with Crippen molar-refractivity contribution in [2.45, 2.75) is 81.1 Å². The number of benzene rings is 3. The van der Waals surface area contributed by atoms with Crippen LogP contribution in [0.3, 0.4) is 0 Å². The lowest BCUT2D eigenvalue weighted by atomic mass is 10.0. The normalized spacial score (nSPS) is 20.0. The molecule has 0 amide bonds. The van der Waals surface area contributed by atoms with Crippen LogP contribution in [0.2, 0.25) is 0 Å². The van der Waals surface area contributed by atoms with E-state index < -0.39 is 34.5 Å². The van der Waals surface area contributed by atoms with Crippen LogP contribution in [-0.4, -0.2) is 72.1 Å². The summed E-state index contributed by atoms with van der Waals surface area (Å²) in [7, 11) is -4.04. The van der Waals surface area contributed by atoms with Gasteiger partial charge in [-0.05, 0) is 106 Å². The topological polar surface area (TPSA) is 98.8 Å². The van der Waals surface area contributed by atoms with Gasteiger partial charge in [-0.25, -0.2) is 0 Å². The number of hydrogen-bond donors (Lipinski definition) is 0. The van der Waals surface area contributed by atoms with Crippen molar-refractivity contribution in [1.82, 2.24) is 0 Å². The van der Waals surface area contributed by atoms with Crippen LogP contribution in [0, 0.1) is 6.92 Å². The molecule has 13 heteroatoms. The minimum Gasteiger partial charge on any atom is -0.491 e. The summed E-state index contributed by atoms with van der Waals surface area (Å²) in [6.45, 7) is 2.79. The van der Waals surface area contributed by atoms with Crippen molar-refractivity contribution in [2.24, 2.45) is 0 Å². The molecule has 2 aliphatic heterocycles. The fraction of sp³-hybridized carbons (Fsp3) is 0.500. The van der Waals surface area contributed by atoms with Gasteiger partial charge in [0, 0.05) is 24.3 Å². The largest absolute Gasteiger partial charge is 0.491 e. The van der Waals surface area contributed by atoms with Crippen LogP contribution in [0.15, 0.2) is 77.7 Å². The van der Waals surface area contributed by atoms with Crippen LogP contribution in [0.4, 0.5) is 8.78 Å². The summed E-state index contributed by atoms with van der Waals surface area (Å²) in [5.41, 5.74) is 0.480. The zero-order valence-electron chi connectivity index (χ0n) is 27.4. The van der Waals surface area contributed by atoms with Crippen LogP contribution < -0.4 is 9.47 Å². The first-order valence-corrected chi connectivity index (χ1v) is 18.5. The van der Waals surface area contributed by atoms with Gasteiger partial charge >= 0.3 is 0 Å². The lowest BCUT2D eigenvalue weighted by Gasteiger charge is -2.27. The maximum Gasteiger partial charge on any atom is 0.298 e. The zero-order chi connectivity index (χ0) is 34.7. The van der Waals surface area contributed by atoms with Gasteiger partial charge in [-0.3, -0.25) is 4.18 Å². The quantitative estimate of drug-likeness (QED) is 0.104. The van der Waals surface area contributed by atoms with E-state index in [9.17, 15) is 8.42 Å². The first-order valence-electron chi connectivity index (χ1n) is 16.5. The predicted octanol–water partition coefficient (Wildman–Crippen LogP) is 7.36. The Kier molecular flexibility index (Phi) is 13.7. The molecule has 2 unspecified atom stereocenters. The molecule has 268 valence electrons. The van der Waals surface area contributed by atoms with Crippen molar-refractivity contribution in [2.75, 3.05) is 38.9 Å². The molecule has 49 heavy (non-hydrogen) atoms. The molecule has 0 spiro atoms. The number of rotatable bonds is 17. The standard InChI is InChI=1S/C36H43ClF2O9S/c1-26-8-18-33(19-9-26)49(40,41)46-25-32(48-35-7-3-5-21-43-35)24-45-30-16-12-28(13-17-30)36(38,39)27-10-14-29(15-11-27)44-23-31(22-37)47-34-6-2-4-20-42-34/h8-19,31-32,34-35H,2-7,20-25H2,1H3/t31-,32+,34?,35?/m0/s1. The molecule has 0 aromatic heterocycles. The molecular formula is C36H43ClF2O9S. The molecule has 2 saturated heterocycles. The highest BCUT2D eigenvalue weighted by molar-refractivity contribution is 7.86. The smallest absolute Gasteiger partial charge is 0.298 e. The van der Waals surface area contributed by atoms with E-state index in [0.717, 1.165) is 37.7 Å². The second-order valence-corrected chi connectivity index (χ2v) is 14.0. The van der Waals surface area contributed by atoms with Gasteiger partial charge in [0.1, 0.15) is 36.9 Å². The van der Waals surface area contributed by atoms with Crippen LogP contribution in [0.5, 0.6) is 11.5 Å². The van der Waals surface area contributed by atoms with Crippen molar-refractivity contribution >= 4 is 21.7 Å². The molecule has 0 radical (unpaired) electrons. The summed E-state index contributed by atoms with van der Waals surface area (Å²) < 4.78 is 96.6. The van der Waals surface area contributed by atoms with E-state index in [1.165, 1.54) is 60.7 Å². The molecule has 2 aliphatic rings. The maximum absolute atomic E-state index is 15.5. The highest BCUT2D eigenvalue weighted by atomic mass is 35.5. The van der Waals surface area contributed by atoms with Gasteiger partial charge in [-0.2, -0.15) is 17.2 Å². The number of alkyl halides is 3. The zero-order valence-corrected chi connectivity index (χ0v) is 29.0. The fourth-order valence-electron chi connectivity index (χ4n) is 5.32. The third-order valence-corrected chi connectivity index (χ3v) is 9.80. The first kappa shape index (κ1) is 37.4. The number of hydrogen-bond acceptors (Lipinski definition) is 9. The van der Waals surface area contributed by atoms with Crippen LogP contribution >= 0.6 is 11.6 Å². The van der Waals surface area contributed by atoms with Crippen molar-refractivity contribution in [3.8, 4) is 11.5 Å². The van der Waals surface area contributed by atoms with E-state index in [0.29, 0.717) is 31.1 Å². The number of ether oxygens (including phenoxy) is 6. The van der Waals surface area contributed by atoms with Gasteiger partial charge in [-0.15, -0.1) is 11.6 Å². The lowest BCUT2D eigenvalue weighted by Crippen LogP contribution is -2.35. The Bertz CT molecular complexity index is 1530. The maximum atomic E-state index is 15.5. The predicted molar refractivity (Wildman–Crippen MR) is 179 cm³/mol. The average Bonchev–Trinajstić information content (AvgIpc) is 3.12. The molecule has 5 rings (SSSR count). The average molecular weight is 725 g/mol. The minimum absolute atomic E-state index is 0.0281. The van der Waals surface area contributed by atoms with E-state index in [1.807, 2.05) is 6.92 Å². The van der Waals surface area contributed by atoms with E-state index in [-0.39, 0.29) is 48.0 Å². The molecular weight excluding hydrogens is 682 g/mol. The summed E-state index contributed by atoms with van der Waals surface area (Å²) in [4.78, 5) is 0.0281. The molecule has 4 atom stereocenters. The van der Waals surface area contributed by atoms with E-state index >= 15 is 8.78 Å². The fourth-order valence-corrected chi connectivity index (χ4v) is 6.42. The Morgan fingerprint density at radius 1 is 0.735 bits per heavy atom. The van der Waals surface area contributed by atoms with Crippen LogP contribution in [0.1, 0.15) is 55.2 Å². The lowest BCUT2D eigenvalue weighted by molar-refractivity contribution is -0.198. The molecule has 3 aromatic rings. The Hall–Kier alpha value is -2.84. The summed E-state index contributed by atoms with van der Waals surface area (Å²) >= 11 is 6.04. The van der Waals surface area contributed by atoms with Crippen molar-refractivity contribution < 1.29 is 49.8 Å². The summed E-state index contributed by atoms with van der Waals surface area (Å²) in [5, 5.41) is 0. The van der Waals surface area contributed by atoms with Gasteiger partial charge in [0.25, 0.3) is 16.0 Å². The minimum atomic E-state index is -4.04. The number of aryl methyl sites for hydroxylation is 1. The van der Waals surface area contributed by atoms with Gasteiger partial charge in [-0.1, -0.05) is 17.7 Å². The molecule has 0 N–H and O–H groups in total. The highest BCUT2D eigenvalue weighted by Crippen LogP contribution is 2.37. The van der Waals surface area contributed by atoms with Gasteiger partial charge in [0.2, 0.25) is 0 Å². The SMILES string of the molecule is Cc1ccc(S(=O)(=O)OC[C@@H](COc2ccc(C(F)(F)c3ccc(OC[C@H](CCl)OC4CCCCO4)cc3)cc2)OC2CCCCO2)cc1. The van der Waals surface area contributed by atoms with Gasteiger partial charge in [0.05, 0.1) is 17.4 Å². The molecule has 2 heterocycles. The molecule has 0 bridgehead atoms. The monoisotopic (exact) mass is 724 g/mol. The molecule has 3 aromatic carbocycles. The van der Waals surface area contributed by atoms with Crippen molar-refractivity contribution in [3.05, 3.63) is 89.5 Å². The number of halogens is 3. The van der Waals surface area contributed by atoms with E-state index in [1.54, 1.807) is 12.1 Å². The van der Waals surface area contributed by atoms with Gasteiger partial charge < -0.3 is 28.4 Å². The third kappa shape index (κ3) is 11.1. The Balaban J connectivity index is 1.15. The van der Waals surface area contributed by atoms with E-state index in [2.05, 4.69) is 0 Å². The van der Waals surface area contributed by atoms with Crippen molar-refractivity contribution in [3.63, 3.8) is 0 Å².